The van der Waals surface area contributed by atoms with Gasteiger partial charge in [0.15, 0.2) is 0 Å². The summed E-state index contributed by atoms with van der Waals surface area (Å²) in [6.07, 6.45) is 1.37. The van der Waals surface area contributed by atoms with Gasteiger partial charge in [0.25, 0.3) is 21.8 Å². The Balaban J connectivity index is 1.48. The van der Waals surface area contributed by atoms with Gasteiger partial charge in [-0.25, -0.2) is 12.7 Å². The Kier molecular flexibility index (Phi) is 4.22. The van der Waals surface area contributed by atoms with E-state index in [0.717, 1.165) is 15.4 Å². The number of carbonyl (C=O) groups excluding carboxylic acids is 2. The van der Waals surface area contributed by atoms with Gasteiger partial charge >= 0.3 is 0 Å². The monoisotopic (exact) mass is 418 g/mol. The molecule has 2 amide bonds. The second-order valence-corrected chi connectivity index (χ2v) is 9.20. The van der Waals surface area contributed by atoms with Crippen molar-refractivity contribution in [2.45, 2.75) is 23.8 Å². The highest BCUT2D eigenvalue weighted by molar-refractivity contribution is 7.90. The molecular formula is C23H18N2O4S. The number of hydrogen-bond donors (Lipinski definition) is 1. The van der Waals surface area contributed by atoms with E-state index in [-0.39, 0.29) is 22.1 Å². The molecule has 30 heavy (non-hydrogen) atoms. The number of anilines is 1. The molecule has 1 saturated carbocycles. The number of benzene rings is 3. The van der Waals surface area contributed by atoms with Crippen LogP contribution in [0.5, 0.6) is 0 Å². The predicted molar refractivity (Wildman–Crippen MR) is 113 cm³/mol. The lowest BCUT2D eigenvalue weighted by Crippen LogP contribution is -2.31. The number of rotatable bonds is 4. The van der Waals surface area contributed by atoms with Crippen LogP contribution in [0, 0.1) is 0 Å². The maximum absolute atomic E-state index is 12.9. The lowest BCUT2D eigenvalue weighted by atomic mass is 10.0. The van der Waals surface area contributed by atoms with Crippen LogP contribution >= 0.6 is 0 Å². The number of para-hydroxylation sites is 1. The second kappa shape index (κ2) is 6.81. The Morgan fingerprint density at radius 1 is 0.900 bits per heavy atom. The summed E-state index contributed by atoms with van der Waals surface area (Å²) in [7, 11) is -3.91. The summed E-state index contributed by atoms with van der Waals surface area (Å²) in [4.78, 5) is 25.3. The van der Waals surface area contributed by atoms with Gasteiger partial charge in [-0.2, -0.15) is 0 Å². The molecule has 150 valence electrons. The fourth-order valence-corrected chi connectivity index (χ4v) is 5.56. The number of hydrogen-bond acceptors (Lipinski definition) is 4. The third kappa shape index (κ3) is 2.98. The van der Waals surface area contributed by atoms with Crippen molar-refractivity contribution in [3.05, 3.63) is 83.9 Å². The standard InChI is InChI=1S/C23H18N2O4S/c26-22(24-20-9-5-4-8-18(20)15-6-2-1-3-7-15)16-10-13-19-21(14-16)30(28,29)25(23(19)27)17-11-12-17/h1-10,13-14,17H,11-12H2,(H,24,26). The van der Waals surface area contributed by atoms with E-state index in [1.807, 2.05) is 48.5 Å². The lowest BCUT2D eigenvalue weighted by molar-refractivity contribution is 0.0864. The number of sulfonamides is 1. The van der Waals surface area contributed by atoms with Crippen molar-refractivity contribution in [1.29, 1.82) is 0 Å². The Hall–Kier alpha value is -3.45. The first kappa shape index (κ1) is 18.6. The van der Waals surface area contributed by atoms with Crippen LogP contribution in [-0.4, -0.2) is 30.6 Å². The number of carbonyl (C=O) groups is 2. The van der Waals surface area contributed by atoms with Crippen molar-refractivity contribution in [2.75, 3.05) is 5.32 Å². The largest absolute Gasteiger partial charge is 0.321 e. The van der Waals surface area contributed by atoms with Crippen LogP contribution in [0.4, 0.5) is 5.69 Å². The van der Waals surface area contributed by atoms with Gasteiger partial charge in [-0.3, -0.25) is 9.59 Å². The molecule has 3 aromatic rings. The first-order valence-electron chi connectivity index (χ1n) is 9.65. The number of fused-ring (bicyclic) bond motifs is 1. The van der Waals surface area contributed by atoms with Gasteiger partial charge in [-0.05, 0) is 42.7 Å². The summed E-state index contributed by atoms with van der Waals surface area (Å²) in [6.45, 7) is 0. The van der Waals surface area contributed by atoms with Crippen molar-refractivity contribution in [1.82, 2.24) is 4.31 Å². The average Bonchev–Trinajstić information content (AvgIpc) is 3.56. The van der Waals surface area contributed by atoms with E-state index in [1.165, 1.54) is 18.2 Å². The molecule has 0 spiro atoms. The second-order valence-electron chi connectivity index (χ2n) is 7.41. The third-order valence-electron chi connectivity index (χ3n) is 5.35. The highest BCUT2D eigenvalue weighted by atomic mass is 32.2. The van der Waals surface area contributed by atoms with Gasteiger partial charge in [0.2, 0.25) is 0 Å². The summed E-state index contributed by atoms with van der Waals surface area (Å²) in [5.74, 6) is -0.942. The zero-order valence-corrected chi connectivity index (χ0v) is 16.7. The Bertz CT molecular complexity index is 1280. The molecule has 6 nitrogen and oxygen atoms in total. The van der Waals surface area contributed by atoms with Gasteiger partial charge in [0.1, 0.15) is 4.90 Å². The molecule has 0 aromatic heterocycles. The summed E-state index contributed by atoms with van der Waals surface area (Å²) >= 11 is 0. The minimum Gasteiger partial charge on any atom is -0.321 e. The number of nitrogens with one attached hydrogen (secondary N) is 1. The maximum Gasteiger partial charge on any atom is 0.269 e. The van der Waals surface area contributed by atoms with Gasteiger partial charge < -0.3 is 5.32 Å². The smallest absolute Gasteiger partial charge is 0.269 e. The van der Waals surface area contributed by atoms with Gasteiger partial charge in [-0.15, -0.1) is 0 Å². The summed E-state index contributed by atoms with van der Waals surface area (Å²) in [6, 6.07) is 21.0. The molecule has 3 aromatic carbocycles. The van der Waals surface area contributed by atoms with E-state index < -0.39 is 21.8 Å². The van der Waals surface area contributed by atoms with Crippen LogP contribution < -0.4 is 5.32 Å². The minimum absolute atomic E-state index is 0.0941. The fourth-order valence-electron chi connectivity index (χ4n) is 3.71. The molecule has 2 aliphatic rings. The molecule has 1 heterocycles. The highest BCUT2D eigenvalue weighted by Crippen LogP contribution is 2.39. The van der Waals surface area contributed by atoms with E-state index in [2.05, 4.69) is 5.32 Å². The minimum atomic E-state index is -3.91. The van der Waals surface area contributed by atoms with Gasteiger partial charge in [0, 0.05) is 22.9 Å². The van der Waals surface area contributed by atoms with Crippen LogP contribution in [0.15, 0.2) is 77.7 Å². The quantitative estimate of drug-likeness (QED) is 0.696. The molecule has 0 unspecified atom stereocenters. The maximum atomic E-state index is 12.9. The Morgan fingerprint density at radius 2 is 1.60 bits per heavy atom. The molecule has 1 aliphatic carbocycles. The zero-order valence-electron chi connectivity index (χ0n) is 15.9. The van der Waals surface area contributed by atoms with Crippen molar-refractivity contribution < 1.29 is 18.0 Å². The van der Waals surface area contributed by atoms with E-state index in [1.54, 1.807) is 6.07 Å². The van der Waals surface area contributed by atoms with Crippen molar-refractivity contribution in [3.63, 3.8) is 0 Å². The van der Waals surface area contributed by atoms with Crippen molar-refractivity contribution in [3.8, 4) is 11.1 Å². The number of amides is 2. The predicted octanol–water partition coefficient (Wildman–Crippen LogP) is 3.91. The van der Waals surface area contributed by atoms with E-state index in [9.17, 15) is 18.0 Å². The molecule has 0 bridgehead atoms. The summed E-state index contributed by atoms with van der Waals surface area (Å²) in [5.41, 5.74) is 2.74. The van der Waals surface area contributed by atoms with Crippen molar-refractivity contribution in [2.24, 2.45) is 0 Å². The van der Waals surface area contributed by atoms with E-state index in [4.69, 9.17) is 0 Å². The van der Waals surface area contributed by atoms with Crippen LogP contribution in [-0.2, 0) is 10.0 Å². The normalized spacial score (nSPS) is 16.9. The van der Waals surface area contributed by atoms with Gasteiger partial charge in [-0.1, -0.05) is 48.5 Å². The van der Waals surface area contributed by atoms with Crippen LogP contribution in [0.1, 0.15) is 33.6 Å². The molecule has 0 saturated heterocycles. The topological polar surface area (TPSA) is 83.6 Å². The summed E-state index contributed by atoms with van der Waals surface area (Å²) in [5, 5.41) is 2.87. The molecular weight excluding hydrogens is 400 g/mol. The van der Waals surface area contributed by atoms with Gasteiger partial charge in [0.05, 0.1) is 5.56 Å². The highest BCUT2D eigenvalue weighted by Gasteiger charge is 2.48. The molecule has 1 fully saturated rings. The molecule has 1 N–H and O–H groups in total. The Labute approximate surface area is 174 Å². The molecule has 0 radical (unpaired) electrons. The Morgan fingerprint density at radius 3 is 2.33 bits per heavy atom. The fraction of sp³-hybridized carbons (Fsp3) is 0.130. The molecule has 0 atom stereocenters. The average molecular weight is 418 g/mol. The van der Waals surface area contributed by atoms with Crippen LogP contribution in [0.25, 0.3) is 11.1 Å². The molecule has 1 aliphatic heterocycles. The zero-order chi connectivity index (χ0) is 20.9. The molecule has 5 rings (SSSR count). The van der Waals surface area contributed by atoms with Crippen molar-refractivity contribution >= 4 is 27.5 Å². The molecule has 7 heteroatoms. The van der Waals surface area contributed by atoms with E-state index in [0.29, 0.717) is 18.5 Å². The van der Waals surface area contributed by atoms with E-state index >= 15 is 0 Å². The first-order chi connectivity index (χ1) is 14.5. The summed E-state index contributed by atoms with van der Waals surface area (Å²) < 4.78 is 26.6. The van der Waals surface area contributed by atoms with Crippen LogP contribution in [0.2, 0.25) is 0 Å². The number of nitrogens with zero attached hydrogens (tertiary/aromatic N) is 1. The first-order valence-corrected chi connectivity index (χ1v) is 11.1. The third-order valence-corrected chi connectivity index (χ3v) is 7.23. The SMILES string of the molecule is O=C(Nc1ccccc1-c1ccccc1)c1ccc2c(c1)S(=O)(=O)N(C1CC1)C2=O. The lowest BCUT2D eigenvalue weighted by Gasteiger charge is -2.13. The van der Waals surface area contributed by atoms with Crippen LogP contribution in [0.3, 0.4) is 0 Å².